The van der Waals surface area contributed by atoms with Crippen LogP contribution < -0.4 is 10.6 Å². The van der Waals surface area contributed by atoms with Gasteiger partial charge in [0.2, 0.25) is 5.91 Å². The number of aromatic nitrogens is 1. The topological polar surface area (TPSA) is 117 Å². The number of anilines is 1. The van der Waals surface area contributed by atoms with Crippen LogP contribution in [-0.2, 0) is 14.6 Å². The van der Waals surface area contributed by atoms with Crippen LogP contribution in [-0.4, -0.2) is 50.1 Å². The number of halogens is 1. The third-order valence-corrected chi connectivity index (χ3v) is 10.3. The fourth-order valence-corrected chi connectivity index (χ4v) is 8.09. The van der Waals surface area contributed by atoms with Crippen molar-refractivity contribution >= 4 is 32.8 Å². The summed E-state index contributed by atoms with van der Waals surface area (Å²) in [6.07, 6.45) is -0.580. The molecule has 1 amide bonds. The van der Waals surface area contributed by atoms with Gasteiger partial charge in [-0.3, -0.25) is 4.79 Å². The average molecular weight is 533 g/mol. The molecule has 2 N–H and O–H groups in total. The third-order valence-electron chi connectivity index (χ3n) is 7.70. The van der Waals surface area contributed by atoms with Crippen LogP contribution in [0.1, 0.15) is 49.7 Å². The Morgan fingerprint density at radius 2 is 1.89 bits per heavy atom. The molecule has 2 heterocycles. The van der Waals surface area contributed by atoms with Crippen LogP contribution in [0, 0.1) is 35.5 Å². The number of rotatable bonds is 6. The van der Waals surface area contributed by atoms with Gasteiger partial charge < -0.3 is 10.6 Å². The summed E-state index contributed by atoms with van der Waals surface area (Å²) in [6.45, 7) is 6.57. The number of hydrogen-bond acceptors (Lipinski definition) is 7. The lowest BCUT2D eigenvalue weighted by atomic mass is 9.55. The zero-order valence-electron chi connectivity index (χ0n) is 20.9. The van der Waals surface area contributed by atoms with Crippen LogP contribution in [0.15, 0.2) is 24.3 Å². The first-order chi connectivity index (χ1) is 17.0. The van der Waals surface area contributed by atoms with Crippen LogP contribution in [0.5, 0.6) is 0 Å². The van der Waals surface area contributed by atoms with E-state index in [0.717, 1.165) is 21.1 Å². The molecule has 3 unspecified atom stereocenters. The second kappa shape index (κ2) is 10.1. The van der Waals surface area contributed by atoms with Crippen molar-refractivity contribution in [3.8, 4) is 16.5 Å². The summed E-state index contributed by atoms with van der Waals surface area (Å²) in [4.78, 5) is 20.8. The molecule has 10 heteroatoms. The van der Waals surface area contributed by atoms with Crippen molar-refractivity contribution < 1.29 is 17.6 Å². The number of benzene rings is 1. The van der Waals surface area contributed by atoms with Crippen molar-refractivity contribution in [2.45, 2.75) is 52.1 Å². The molecule has 1 saturated heterocycles. The molecule has 0 radical (unpaired) electrons. The van der Waals surface area contributed by atoms with Crippen molar-refractivity contribution in [1.29, 1.82) is 5.26 Å². The van der Waals surface area contributed by atoms with Gasteiger partial charge in [0.25, 0.3) is 0 Å². The number of hydrogen-bond donors (Lipinski definition) is 1. The van der Waals surface area contributed by atoms with Gasteiger partial charge in [-0.1, -0.05) is 26.0 Å². The fraction of sp³-hybridized carbons (Fsp3) is 0.577. The lowest BCUT2D eigenvalue weighted by Gasteiger charge is -2.46. The number of amides is 1. The molecule has 4 rings (SSSR count). The van der Waals surface area contributed by atoms with Gasteiger partial charge in [-0.05, 0) is 49.8 Å². The highest BCUT2D eigenvalue weighted by Gasteiger charge is 2.56. The summed E-state index contributed by atoms with van der Waals surface area (Å²) in [5, 5.41) is 10.9. The highest BCUT2D eigenvalue weighted by molar-refractivity contribution is 7.91. The summed E-state index contributed by atoms with van der Waals surface area (Å²) in [5.74, 6) is -1.70. The lowest BCUT2D eigenvalue weighted by Crippen LogP contribution is -2.52. The summed E-state index contributed by atoms with van der Waals surface area (Å²) < 4.78 is 38.4. The van der Waals surface area contributed by atoms with E-state index in [1.807, 2.05) is 45.0 Å². The summed E-state index contributed by atoms with van der Waals surface area (Å²) >= 11 is 1.51. The number of alkyl halides is 1. The van der Waals surface area contributed by atoms with Crippen molar-refractivity contribution in [3.63, 3.8) is 0 Å². The Morgan fingerprint density at radius 3 is 2.44 bits per heavy atom. The maximum Gasteiger partial charge on any atom is 0.225 e. The van der Waals surface area contributed by atoms with Crippen LogP contribution in [0.25, 0.3) is 10.4 Å². The van der Waals surface area contributed by atoms with E-state index in [0.29, 0.717) is 31.6 Å². The van der Waals surface area contributed by atoms with Gasteiger partial charge in [-0.2, -0.15) is 5.26 Å². The van der Waals surface area contributed by atoms with Crippen molar-refractivity contribution in [1.82, 2.24) is 4.98 Å². The number of aryl methyl sites for hydroxylation is 1. The molecule has 1 aliphatic carbocycles. The Kier molecular flexibility index (Phi) is 7.45. The second-order valence-electron chi connectivity index (χ2n) is 10.3. The normalized spacial score (nSPS) is 26.9. The molecular formula is C26H33FN4O3S2. The summed E-state index contributed by atoms with van der Waals surface area (Å²) in [5.41, 5.74) is 7.23. The molecular weight excluding hydrogens is 499 g/mol. The molecule has 2 aliphatic rings. The van der Waals surface area contributed by atoms with Crippen LogP contribution >= 0.6 is 11.3 Å². The van der Waals surface area contributed by atoms with Crippen molar-refractivity contribution in [3.05, 3.63) is 35.0 Å². The number of nitrogens with zero attached hydrogens (tertiary/aromatic N) is 3. The van der Waals surface area contributed by atoms with E-state index in [1.54, 1.807) is 0 Å². The molecule has 0 bridgehead atoms. The van der Waals surface area contributed by atoms with E-state index in [-0.39, 0.29) is 23.8 Å². The van der Waals surface area contributed by atoms with Gasteiger partial charge in [0.15, 0.2) is 9.84 Å². The van der Waals surface area contributed by atoms with E-state index >= 15 is 0 Å². The number of thiazole rings is 1. The fourth-order valence-electron chi connectivity index (χ4n) is 5.91. The predicted molar refractivity (Wildman–Crippen MR) is 140 cm³/mol. The SMILES string of the molecule is Cc1nc(C2CCC(F)CC2(C(N)=O)[C@@H](C#N)C(C)C)c(-c2ccc(N3CCS(=O)(=O)CC3)cc2)s1. The van der Waals surface area contributed by atoms with Gasteiger partial charge in [-0.15, -0.1) is 11.3 Å². The number of carbonyl (C=O) groups is 1. The molecule has 1 saturated carbocycles. The van der Waals surface area contributed by atoms with Gasteiger partial charge in [-0.25, -0.2) is 17.8 Å². The number of carbonyl (C=O) groups excluding carboxylic acids is 1. The minimum Gasteiger partial charge on any atom is -0.369 e. The number of primary amides is 1. The second-order valence-corrected chi connectivity index (χ2v) is 13.8. The summed E-state index contributed by atoms with van der Waals surface area (Å²) in [6, 6.07) is 10.2. The Labute approximate surface area is 216 Å². The number of sulfone groups is 1. The largest absolute Gasteiger partial charge is 0.369 e. The highest BCUT2D eigenvalue weighted by atomic mass is 32.2. The first-order valence-corrected chi connectivity index (χ1v) is 15.0. The van der Waals surface area contributed by atoms with Crippen LogP contribution in [0.4, 0.5) is 10.1 Å². The lowest BCUT2D eigenvalue weighted by molar-refractivity contribution is -0.136. The first-order valence-electron chi connectivity index (χ1n) is 12.3. The first kappa shape index (κ1) is 26.6. The number of nitrogens with two attached hydrogens (primary N) is 1. The van der Waals surface area contributed by atoms with Gasteiger partial charge >= 0.3 is 0 Å². The number of nitriles is 1. The molecule has 1 aromatic heterocycles. The van der Waals surface area contributed by atoms with E-state index in [9.17, 15) is 22.9 Å². The molecule has 2 aromatic rings. The summed E-state index contributed by atoms with van der Waals surface area (Å²) in [7, 11) is -2.96. The van der Waals surface area contributed by atoms with E-state index in [4.69, 9.17) is 10.7 Å². The Hall–Kier alpha value is -2.51. The Balaban J connectivity index is 1.73. The molecule has 7 nitrogen and oxygen atoms in total. The average Bonchev–Trinajstić information content (AvgIpc) is 3.20. The molecule has 4 atom stereocenters. The van der Waals surface area contributed by atoms with Gasteiger partial charge in [0.05, 0.1) is 44.5 Å². The highest BCUT2D eigenvalue weighted by Crippen LogP contribution is 2.56. The molecule has 2 fully saturated rings. The van der Waals surface area contributed by atoms with Gasteiger partial charge in [0, 0.05) is 24.7 Å². The quantitative estimate of drug-likeness (QED) is 0.595. The van der Waals surface area contributed by atoms with Gasteiger partial charge in [0.1, 0.15) is 6.17 Å². The molecule has 1 aliphatic heterocycles. The van der Waals surface area contributed by atoms with Crippen molar-refractivity contribution in [2.24, 2.45) is 23.0 Å². The van der Waals surface area contributed by atoms with Crippen LogP contribution in [0.3, 0.4) is 0 Å². The molecule has 194 valence electrons. The monoisotopic (exact) mass is 532 g/mol. The smallest absolute Gasteiger partial charge is 0.225 e. The standard InChI is InChI=1S/C26H33FN4O3S2/c1-16(2)22(15-28)26(25(29)32)14-19(27)6-9-21(26)23-24(35-17(3)30-23)18-4-7-20(8-5-18)31-10-12-36(33,34)13-11-31/h4-5,7-8,16,19,21-22H,6,9-14H2,1-3H3,(H2,29,32)/t19?,21?,22-,26?/m0/s1. The van der Waals surface area contributed by atoms with E-state index in [1.165, 1.54) is 11.3 Å². The minimum atomic E-state index is -2.96. The van der Waals surface area contributed by atoms with E-state index < -0.39 is 39.2 Å². The third kappa shape index (κ3) is 4.88. The Morgan fingerprint density at radius 1 is 1.25 bits per heavy atom. The molecule has 36 heavy (non-hydrogen) atoms. The Bertz CT molecular complexity index is 1260. The van der Waals surface area contributed by atoms with Crippen LogP contribution in [0.2, 0.25) is 0 Å². The molecule has 0 spiro atoms. The molecule has 1 aromatic carbocycles. The zero-order valence-corrected chi connectivity index (χ0v) is 22.5. The minimum absolute atomic E-state index is 0.0732. The maximum atomic E-state index is 14.8. The van der Waals surface area contributed by atoms with E-state index in [2.05, 4.69) is 11.0 Å². The zero-order chi connectivity index (χ0) is 26.3. The van der Waals surface area contributed by atoms with Crippen molar-refractivity contribution in [2.75, 3.05) is 29.5 Å². The maximum absolute atomic E-state index is 14.8. The predicted octanol–water partition coefficient (Wildman–Crippen LogP) is 4.23.